The third-order valence-corrected chi connectivity index (χ3v) is 2.02. The molecule has 0 heterocycles. The van der Waals surface area contributed by atoms with E-state index in [-0.39, 0.29) is 5.69 Å². The fourth-order valence-corrected chi connectivity index (χ4v) is 1.15. The Morgan fingerprint density at radius 3 is 2.75 bits per heavy atom. The van der Waals surface area contributed by atoms with Crippen LogP contribution < -0.4 is 11.2 Å². The number of carbonyl (C=O) groups excluding carboxylic acids is 1. The van der Waals surface area contributed by atoms with Crippen molar-refractivity contribution in [2.75, 3.05) is 5.32 Å². The van der Waals surface area contributed by atoms with Gasteiger partial charge in [-0.15, -0.1) is 0 Å². The average Bonchev–Trinajstić information content (AvgIpc) is 2.24. The van der Waals surface area contributed by atoms with Crippen molar-refractivity contribution >= 4 is 11.6 Å². The first-order chi connectivity index (χ1) is 7.58. The van der Waals surface area contributed by atoms with Gasteiger partial charge < -0.3 is 5.32 Å². The Kier molecular flexibility index (Phi) is 4.33. The van der Waals surface area contributed by atoms with E-state index in [9.17, 15) is 13.6 Å². The molecule has 0 saturated heterocycles. The molecular formula is C10H12F2N2O2. The number of nitrogens with one attached hydrogen (secondary N) is 1. The van der Waals surface area contributed by atoms with Gasteiger partial charge in [-0.25, -0.2) is 14.7 Å². The minimum absolute atomic E-state index is 0.109. The van der Waals surface area contributed by atoms with E-state index in [1.54, 1.807) is 6.92 Å². The van der Waals surface area contributed by atoms with Gasteiger partial charge in [0, 0.05) is 6.07 Å². The van der Waals surface area contributed by atoms with Crippen LogP contribution in [0.15, 0.2) is 18.2 Å². The lowest BCUT2D eigenvalue weighted by Crippen LogP contribution is -2.32. The van der Waals surface area contributed by atoms with Crippen molar-refractivity contribution in [2.24, 2.45) is 5.90 Å². The van der Waals surface area contributed by atoms with Crippen molar-refractivity contribution in [3.63, 3.8) is 0 Å². The Hall–Kier alpha value is -1.53. The van der Waals surface area contributed by atoms with E-state index < -0.39 is 23.6 Å². The number of amides is 1. The van der Waals surface area contributed by atoms with Crippen molar-refractivity contribution in [3.05, 3.63) is 29.8 Å². The topological polar surface area (TPSA) is 64.3 Å². The standard InChI is InChI=1S/C10H12F2N2O2/c1-2-9(16-13)10(15)14-8-4-3-6(11)5-7(8)12/h3-5,9H,2,13H2,1H3,(H,14,15). The SMILES string of the molecule is CCC(ON)C(=O)Nc1ccc(F)cc1F. The second-order valence-electron chi connectivity index (χ2n) is 3.15. The highest BCUT2D eigenvalue weighted by molar-refractivity contribution is 5.94. The van der Waals surface area contributed by atoms with E-state index in [1.807, 2.05) is 0 Å². The van der Waals surface area contributed by atoms with Gasteiger partial charge in [0.25, 0.3) is 5.91 Å². The lowest BCUT2D eigenvalue weighted by Gasteiger charge is -2.12. The monoisotopic (exact) mass is 230 g/mol. The minimum atomic E-state index is -0.857. The molecule has 1 amide bonds. The van der Waals surface area contributed by atoms with Crippen LogP contribution in [0.5, 0.6) is 0 Å². The smallest absolute Gasteiger partial charge is 0.255 e. The average molecular weight is 230 g/mol. The van der Waals surface area contributed by atoms with Gasteiger partial charge in [-0.05, 0) is 18.6 Å². The third kappa shape index (κ3) is 2.98. The highest BCUT2D eigenvalue weighted by atomic mass is 19.1. The number of halogens is 2. The molecule has 1 unspecified atom stereocenters. The van der Waals surface area contributed by atoms with Crippen LogP contribution in [0.3, 0.4) is 0 Å². The summed E-state index contributed by atoms with van der Waals surface area (Å²) >= 11 is 0. The molecule has 4 nitrogen and oxygen atoms in total. The molecular weight excluding hydrogens is 218 g/mol. The Balaban J connectivity index is 2.76. The molecule has 0 spiro atoms. The first kappa shape index (κ1) is 12.5. The molecule has 6 heteroatoms. The molecule has 0 bridgehead atoms. The van der Waals surface area contributed by atoms with Gasteiger partial charge in [0.15, 0.2) is 6.10 Å². The molecule has 0 radical (unpaired) electrons. The maximum atomic E-state index is 13.2. The summed E-state index contributed by atoms with van der Waals surface area (Å²) in [6, 6.07) is 2.86. The Morgan fingerprint density at radius 2 is 2.25 bits per heavy atom. The molecule has 0 fully saturated rings. The fourth-order valence-electron chi connectivity index (χ4n) is 1.15. The second kappa shape index (κ2) is 5.53. The first-order valence-corrected chi connectivity index (χ1v) is 4.70. The quantitative estimate of drug-likeness (QED) is 0.772. The molecule has 0 saturated carbocycles. The Labute approximate surface area is 91.3 Å². The zero-order valence-corrected chi connectivity index (χ0v) is 8.67. The van der Waals surface area contributed by atoms with Crippen LogP contribution in [0.2, 0.25) is 0 Å². The minimum Gasteiger partial charge on any atom is -0.321 e. The zero-order valence-electron chi connectivity index (χ0n) is 8.67. The second-order valence-corrected chi connectivity index (χ2v) is 3.15. The van der Waals surface area contributed by atoms with Gasteiger partial charge >= 0.3 is 0 Å². The summed E-state index contributed by atoms with van der Waals surface area (Å²) in [6.45, 7) is 1.69. The normalized spacial score (nSPS) is 12.2. The number of nitrogens with two attached hydrogens (primary N) is 1. The molecule has 16 heavy (non-hydrogen) atoms. The zero-order chi connectivity index (χ0) is 12.1. The van der Waals surface area contributed by atoms with Gasteiger partial charge in [-0.1, -0.05) is 6.92 Å². The molecule has 88 valence electrons. The predicted octanol–water partition coefficient (Wildman–Crippen LogP) is 1.57. The van der Waals surface area contributed by atoms with Crippen molar-refractivity contribution < 1.29 is 18.4 Å². The summed E-state index contributed by atoms with van der Waals surface area (Å²) in [7, 11) is 0. The summed E-state index contributed by atoms with van der Waals surface area (Å²) in [5.41, 5.74) is -0.109. The van der Waals surface area contributed by atoms with Crippen molar-refractivity contribution in [2.45, 2.75) is 19.4 Å². The van der Waals surface area contributed by atoms with E-state index in [0.717, 1.165) is 12.1 Å². The first-order valence-electron chi connectivity index (χ1n) is 4.70. The molecule has 0 aliphatic rings. The van der Waals surface area contributed by atoms with Crippen LogP contribution in [0, 0.1) is 11.6 Å². The molecule has 0 aromatic heterocycles. The van der Waals surface area contributed by atoms with E-state index in [2.05, 4.69) is 10.2 Å². The summed E-state index contributed by atoms with van der Waals surface area (Å²) < 4.78 is 25.7. The number of carbonyl (C=O) groups is 1. The Bertz CT molecular complexity index is 381. The van der Waals surface area contributed by atoms with Crippen LogP contribution in [0.1, 0.15) is 13.3 Å². The van der Waals surface area contributed by atoms with Crippen LogP contribution in [-0.4, -0.2) is 12.0 Å². The highest BCUT2D eigenvalue weighted by Gasteiger charge is 2.17. The lowest BCUT2D eigenvalue weighted by atomic mass is 10.2. The summed E-state index contributed by atoms with van der Waals surface area (Å²) in [5.74, 6) is 2.75. The highest BCUT2D eigenvalue weighted by Crippen LogP contribution is 2.15. The van der Waals surface area contributed by atoms with Crippen LogP contribution in [0.25, 0.3) is 0 Å². The Morgan fingerprint density at radius 1 is 1.56 bits per heavy atom. The van der Waals surface area contributed by atoms with Crippen LogP contribution >= 0.6 is 0 Å². The van der Waals surface area contributed by atoms with E-state index in [4.69, 9.17) is 5.90 Å². The number of hydrogen-bond donors (Lipinski definition) is 2. The number of anilines is 1. The molecule has 1 rings (SSSR count). The van der Waals surface area contributed by atoms with Gasteiger partial charge in [0.2, 0.25) is 0 Å². The van der Waals surface area contributed by atoms with Gasteiger partial charge in [-0.2, -0.15) is 0 Å². The van der Waals surface area contributed by atoms with Crippen molar-refractivity contribution in [1.29, 1.82) is 0 Å². The molecule has 3 N–H and O–H groups in total. The van der Waals surface area contributed by atoms with E-state index >= 15 is 0 Å². The van der Waals surface area contributed by atoms with E-state index in [0.29, 0.717) is 12.5 Å². The van der Waals surface area contributed by atoms with Gasteiger partial charge in [-0.3, -0.25) is 9.63 Å². The van der Waals surface area contributed by atoms with Gasteiger partial charge in [0.05, 0.1) is 5.69 Å². The lowest BCUT2D eigenvalue weighted by molar-refractivity contribution is -0.127. The maximum absolute atomic E-state index is 13.2. The fraction of sp³-hybridized carbons (Fsp3) is 0.300. The van der Waals surface area contributed by atoms with E-state index in [1.165, 1.54) is 0 Å². The molecule has 0 aliphatic heterocycles. The van der Waals surface area contributed by atoms with Crippen LogP contribution in [0.4, 0.5) is 14.5 Å². The summed E-state index contributed by atoms with van der Waals surface area (Å²) in [4.78, 5) is 15.8. The van der Waals surface area contributed by atoms with Crippen LogP contribution in [-0.2, 0) is 9.63 Å². The predicted molar refractivity (Wildman–Crippen MR) is 54.3 cm³/mol. The maximum Gasteiger partial charge on any atom is 0.255 e. The largest absolute Gasteiger partial charge is 0.321 e. The number of benzene rings is 1. The van der Waals surface area contributed by atoms with Gasteiger partial charge in [0.1, 0.15) is 11.6 Å². The molecule has 0 aliphatic carbocycles. The van der Waals surface area contributed by atoms with Crippen molar-refractivity contribution in [1.82, 2.24) is 0 Å². The summed E-state index contributed by atoms with van der Waals surface area (Å²) in [6.07, 6.45) is -0.505. The number of rotatable bonds is 4. The number of hydrogen-bond acceptors (Lipinski definition) is 3. The summed E-state index contributed by atoms with van der Waals surface area (Å²) in [5, 5.41) is 2.25. The molecule has 1 aromatic carbocycles. The molecule has 1 atom stereocenters. The third-order valence-electron chi connectivity index (χ3n) is 2.02. The van der Waals surface area contributed by atoms with Crippen molar-refractivity contribution in [3.8, 4) is 0 Å². The molecule has 1 aromatic rings.